The normalized spacial score (nSPS) is 13.8. The summed E-state index contributed by atoms with van der Waals surface area (Å²) in [6.45, 7) is 2.21. The van der Waals surface area contributed by atoms with Gasteiger partial charge in [-0.2, -0.15) is 0 Å². The Morgan fingerprint density at radius 3 is 2.30 bits per heavy atom. The van der Waals surface area contributed by atoms with Gasteiger partial charge in [0, 0.05) is 6.42 Å². The first-order chi connectivity index (χ1) is 9.84. The van der Waals surface area contributed by atoms with Gasteiger partial charge in [-0.1, -0.05) is 72.3 Å². The molecule has 0 heterocycles. The van der Waals surface area contributed by atoms with Gasteiger partial charge in [-0.3, -0.25) is 0 Å². The van der Waals surface area contributed by atoms with Crippen LogP contribution in [0.2, 0.25) is 0 Å². The van der Waals surface area contributed by atoms with Gasteiger partial charge in [0.15, 0.2) is 0 Å². The van der Waals surface area contributed by atoms with Gasteiger partial charge < -0.3 is 0 Å². The summed E-state index contributed by atoms with van der Waals surface area (Å²) in [6, 6.07) is 23.8. The highest BCUT2D eigenvalue weighted by molar-refractivity contribution is 6.01. The number of benzene rings is 3. The van der Waals surface area contributed by atoms with Crippen molar-refractivity contribution in [2.45, 2.75) is 6.92 Å². The molecular weight excluding hydrogens is 240 g/mol. The molecule has 0 aliphatic heterocycles. The summed E-state index contributed by atoms with van der Waals surface area (Å²) in [5.74, 6) is 0. The number of allylic oxidation sites excluding steroid dienone is 1. The van der Waals surface area contributed by atoms with Crippen molar-refractivity contribution in [3.05, 3.63) is 95.4 Å². The zero-order valence-electron chi connectivity index (χ0n) is 11.4. The summed E-state index contributed by atoms with van der Waals surface area (Å²) in [5, 5.41) is 2.63. The van der Waals surface area contributed by atoms with Crippen LogP contribution in [0, 0.1) is 6.42 Å². The van der Waals surface area contributed by atoms with Crippen LogP contribution in [0.1, 0.15) is 23.6 Å². The van der Waals surface area contributed by atoms with Gasteiger partial charge in [0.1, 0.15) is 0 Å². The molecule has 1 radical (unpaired) electrons. The van der Waals surface area contributed by atoms with Crippen LogP contribution < -0.4 is 0 Å². The van der Waals surface area contributed by atoms with E-state index in [-0.39, 0.29) is 0 Å². The van der Waals surface area contributed by atoms with E-state index >= 15 is 0 Å². The Morgan fingerprint density at radius 2 is 1.35 bits per heavy atom. The van der Waals surface area contributed by atoms with Gasteiger partial charge in [-0.05, 0) is 40.0 Å². The van der Waals surface area contributed by atoms with Crippen LogP contribution in [0.15, 0.2) is 72.3 Å². The van der Waals surface area contributed by atoms with Crippen molar-refractivity contribution in [3.8, 4) is 0 Å². The van der Waals surface area contributed by atoms with E-state index in [2.05, 4.69) is 80.1 Å². The Morgan fingerprint density at radius 1 is 0.650 bits per heavy atom. The lowest BCUT2D eigenvalue weighted by Gasteiger charge is -2.11. The lowest BCUT2D eigenvalue weighted by atomic mass is 9.93. The van der Waals surface area contributed by atoms with E-state index in [0.29, 0.717) is 0 Å². The van der Waals surface area contributed by atoms with Crippen molar-refractivity contribution in [3.63, 3.8) is 0 Å². The molecule has 0 saturated carbocycles. The molecule has 0 nitrogen and oxygen atoms in total. The minimum absolute atomic E-state index is 1.30. The first-order valence-corrected chi connectivity index (χ1v) is 6.98. The second-order valence-corrected chi connectivity index (χ2v) is 5.32. The third-order valence-corrected chi connectivity index (χ3v) is 4.06. The third kappa shape index (κ3) is 1.61. The molecule has 0 atom stereocenters. The summed E-state index contributed by atoms with van der Waals surface area (Å²) in [7, 11) is 0. The maximum Gasteiger partial charge on any atom is 0.0168 e. The Bertz CT molecular complexity index is 832. The van der Waals surface area contributed by atoms with Gasteiger partial charge in [0.25, 0.3) is 0 Å². The van der Waals surface area contributed by atoms with E-state index in [1.54, 1.807) is 0 Å². The van der Waals surface area contributed by atoms with Gasteiger partial charge >= 0.3 is 0 Å². The van der Waals surface area contributed by atoms with Crippen LogP contribution in [0.5, 0.6) is 0 Å². The maximum absolute atomic E-state index is 2.28. The Balaban J connectivity index is 2.03. The summed E-state index contributed by atoms with van der Waals surface area (Å²) < 4.78 is 0. The molecule has 1 aliphatic carbocycles. The fourth-order valence-corrected chi connectivity index (χ4v) is 3.17. The second-order valence-electron chi connectivity index (χ2n) is 5.32. The maximum atomic E-state index is 2.28. The Kier molecular flexibility index (Phi) is 2.50. The van der Waals surface area contributed by atoms with E-state index in [1.807, 2.05) is 0 Å². The van der Waals surface area contributed by atoms with Crippen molar-refractivity contribution in [2.24, 2.45) is 0 Å². The van der Waals surface area contributed by atoms with Gasteiger partial charge in [-0.15, -0.1) is 0 Å². The second kappa shape index (κ2) is 4.35. The molecule has 0 heteroatoms. The van der Waals surface area contributed by atoms with Crippen LogP contribution in [-0.2, 0) is 0 Å². The highest BCUT2D eigenvalue weighted by atomic mass is 14.2. The van der Waals surface area contributed by atoms with Crippen LogP contribution >= 0.6 is 0 Å². The summed E-state index contributed by atoms with van der Waals surface area (Å²) in [6.07, 6.45) is 2.28. The van der Waals surface area contributed by atoms with E-state index < -0.39 is 0 Å². The van der Waals surface area contributed by atoms with Crippen molar-refractivity contribution < 1.29 is 0 Å². The molecule has 0 aromatic heterocycles. The average Bonchev–Trinajstić information content (AvgIpc) is 2.82. The first kappa shape index (κ1) is 11.5. The molecule has 0 bridgehead atoms. The highest BCUT2D eigenvalue weighted by Gasteiger charge is 2.20. The molecule has 20 heavy (non-hydrogen) atoms. The van der Waals surface area contributed by atoms with Crippen molar-refractivity contribution in [2.75, 3.05) is 0 Å². The van der Waals surface area contributed by atoms with Crippen LogP contribution in [0.4, 0.5) is 0 Å². The molecule has 4 rings (SSSR count). The van der Waals surface area contributed by atoms with Crippen molar-refractivity contribution in [1.29, 1.82) is 0 Å². The SMILES string of the molecule is CC1=C(c2cccc3ccccc23)c2ccccc2[CH]1. The molecule has 1 aliphatic rings. The number of hydrogen-bond donors (Lipinski definition) is 0. The van der Waals surface area contributed by atoms with Crippen molar-refractivity contribution >= 4 is 16.3 Å². The van der Waals surface area contributed by atoms with E-state index in [0.717, 1.165) is 0 Å². The van der Waals surface area contributed by atoms with Crippen LogP contribution in [0.3, 0.4) is 0 Å². The standard InChI is InChI=1S/C20H15/c1-14-13-16-8-3-5-11-18(16)20(14)19-12-6-9-15-7-2-4-10-17(15)19/h2-13H,1H3. The molecular formula is C20H15. The largest absolute Gasteiger partial charge is 0.0619 e. The fraction of sp³-hybridized carbons (Fsp3) is 0.0500. The average molecular weight is 255 g/mol. The molecule has 0 amide bonds. The van der Waals surface area contributed by atoms with E-state index in [1.165, 1.54) is 38.6 Å². The van der Waals surface area contributed by atoms with E-state index in [4.69, 9.17) is 0 Å². The highest BCUT2D eigenvalue weighted by Crippen LogP contribution is 2.40. The summed E-state index contributed by atoms with van der Waals surface area (Å²) in [4.78, 5) is 0. The predicted octanol–water partition coefficient (Wildman–Crippen LogP) is 5.23. The van der Waals surface area contributed by atoms with E-state index in [9.17, 15) is 0 Å². The zero-order valence-corrected chi connectivity index (χ0v) is 11.4. The Labute approximate surface area is 119 Å². The predicted molar refractivity (Wildman–Crippen MR) is 85.5 cm³/mol. The molecule has 0 spiro atoms. The quantitative estimate of drug-likeness (QED) is 0.558. The molecule has 0 unspecified atom stereocenters. The monoisotopic (exact) mass is 255 g/mol. The molecule has 95 valence electrons. The van der Waals surface area contributed by atoms with Gasteiger partial charge in [0.2, 0.25) is 0 Å². The molecule has 0 N–H and O–H groups in total. The number of hydrogen-bond acceptors (Lipinski definition) is 0. The van der Waals surface area contributed by atoms with Gasteiger partial charge in [-0.25, -0.2) is 0 Å². The fourth-order valence-electron chi connectivity index (χ4n) is 3.17. The van der Waals surface area contributed by atoms with Crippen LogP contribution in [-0.4, -0.2) is 0 Å². The number of rotatable bonds is 1. The lowest BCUT2D eigenvalue weighted by molar-refractivity contribution is 1.44. The molecule has 3 aromatic carbocycles. The minimum atomic E-state index is 1.30. The number of fused-ring (bicyclic) bond motifs is 2. The zero-order chi connectivity index (χ0) is 13.5. The topological polar surface area (TPSA) is 0 Å². The third-order valence-electron chi connectivity index (χ3n) is 4.06. The molecule has 0 fully saturated rings. The first-order valence-electron chi connectivity index (χ1n) is 6.98. The lowest BCUT2D eigenvalue weighted by Crippen LogP contribution is -1.89. The summed E-state index contributed by atoms with van der Waals surface area (Å²) >= 11 is 0. The smallest absolute Gasteiger partial charge is 0.0168 e. The summed E-state index contributed by atoms with van der Waals surface area (Å²) in [5.41, 5.74) is 6.73. The molecule has 0 saturated heterocycles. The van der Waals surface area contributed by atoms with Crippen LogP contribution in [0.25, 0.3) is 16.3 Å². The minimum Gasteiger partial charge on any atom is -0.0619 e. The Hall–Kier alpha value is -2.34. The van der Waals surface area contributed by atoms with Crippen molar-refractivity contribution in [1.82, 2.24) is 0 Å². The molecule has 3 aromatic rings. The van der Waals surface area contributed by atoms with Gasteiger partial charge in [0.05, 0.1) is 0 Å².